The van der Waals surface area contributed by atoms with Crippen LogP contribution in [0.1, 0.15) is 49.5 Å². The van der Waals surface area contributed by atoms with Gasteiger partial charge in [-0.1, -0.05) is 51.6 Å². The van der Waals surface area contributed by atoms with Crippen molar-refractivity contribution in [2.75, 3.05) is 6.61 Å². The van der Waals surface area contributed by atoms with E-state index in [0.717, 1.165) is 15.6 Å². The number of ether oxygens (including phenoxy) is 1. The van der Waals surface area contributed by atoms with E-state index in [1.807, 2.05) is 37.4 Å². The molecule has 0 bridgehead atoms. The first-order chi connectivity index (χ1) is 18.8. The Morgan fingerprint density at radius 1 is 1.12 bits per heavy atom. The summed E-state index contributed by atoms with van der Waals surface area (Å²) in [4.78, 5) is 37.7. The van der Waals surface area contributed by atoms with Crippen LogP contribution in [0.4, 0.5) is 5.69 Å². The first kappa shape index (κ1) is 31.2. The average molecular weight is 583 g/mol. The number of carbonyl (C=O) groups is 2. The van der Waals surface area contributed by atoms with Gasteiger partial charge in [0.25, 0.3) is 11.6 Å². The van der Waals surface area contributed by atoms with Crippen LogP contribution < -0.4 is 5.32 Å². The molecule has 0 spiro atoms. The van der Waals surface area contributed by atoms with E-state index < -0.39 is 31.6 Å². The molecule has 214 valence electrons. The van der Waals surface area contributed by atoms with Crippen LogP contribution in [-0.2, 0) is 20.4 Å². The zero-order valence-electron chi connectivity index (χ0n) is 23.8. The van der Waals surface area contributed by atoms with Crippen molar-refractivity contribution >= 4 is 48.0 Å². The fourth-order valence-electron chi connectivity index (χ4n) is 4.87. The molecule has 1 heterocycles. The number of hydrogen-bond acceptors (Lipinski definition) is 7. The summed E-state index contributed by atoms with van der Waals surface area (Å²) in [6, 6.07) is 13.1. The number of esters is 1. The topological polar surface area (TPSA) is 108 Å². The van der Waals surface area contributed by atoms with Gasteiger partial charge in [0.1, 0.15) is 6.61 Å². The summed E-state index contributed by atoms with van der Waals surface area (Å²) in [6.45, 7) is 14.0. The zero-order valence-corrected chi connectivity index (χ0v) is 25.7. The maximum atomic E-state index is 13.8. The highest BCUT2D eigenvalue weighted by atomic mass is 32.1. The third-order valence-corrected chi connectivity index (χ3v) is 8.25. The lowest BCUT2D eigenvalue weighted by Gasteiger charge is -2.38. The third kappa shape index (κ3) is 8.33. The van der Waals surface area contributed by atoms with Gasteiger partial charge in [-0.05, 0) is 59.5 Å². The molecule has 1 amide bonds. The lowest BCUT2D eigenvalue weighted by atomic mass is 9.81. The van der Waals surface area contributed by atoms with Gasteiger partial charge in [0.05, 0.1) is 4.92 Å². The number of nitrogens with one attached hydrogen (secondary N) is 1. The van der Waals surface area contributed by atoms with Crippen molar-refractivity contribution in [2.24, 2.45) is 5.41 Å². The van der Waals surface area contributed by atoms with Crippen molar-refractivity contribution < 1.29 is 23.7 Å². The second-order valence-corrected chi connectivity index (χ2v) is 14.7. The lowest BCUT2D eigenvalue weighted by molar-refractivity contribution is -0.384. The van der Waals surface area contributed by atoms with Crippen LogP contribution in [0.25, 0.3) is 10.1 Å². The molecular weight excluding hydrogens is 544 g/mol. The minimum atomic E-state index is -1.79. The van der Waals surface area contributed by atoms with E-state index in [0.29, 0.717) is 18.4 Å². The third-order valence-electron chi connectivity index (χ3n) is 6.31. The van der Waals surface area contributed by atoms with Crippen LogP contribution in [-0.4, -0.2) is 44.1 Å². The molecule has 3 aromatic rings. The van der Waals surface area contributed by atoms with Crippen LogP contribution in [0.5, 0.6) is 0 Å². The van der Waals surface area contributed by atoms with Gasteiger partial charge in [-0.15, -0.1) is 11.3 Å². The molecule has 0 saturated heterocycles. The summed E-state index contributed by atoms with van der Waals surface area (Å²) in [6.07, 6.45) is 2.59. The molecule has 0 fully saturated rings. The molecule has 1 N–H and O–H groups in total. The van der Waals surface area contributed by atoms with Crippen LogP contribution in [0.3, 0.4) is 0 Å². The zero-order chi connectivity index (χ0) is 29.5. The lowest BCUT2D eigenvalue weighted by Crippen LogP contribution is -2.53. The Morgan fingerprint density at radius 3 is 2.40 bits per heavy atom. The van der Waals surface area contributed by atoms with Gasteiger partial charge in [0.2, 0.25) is 0 Å². The Labute approximate surface area is 241 Å². The molecule has 0 aliphatic heterocycles. The Bertz CT molecular complexity index is 1350. The number of nitro groups is 1. The fraction of sp³-hybridized carbons (Fsp3) is 0.400. The molecule has 2 atom stereocenters. The monoisotopic (exact) mass is 582 g/mol. The molecule has 0 aliphatic rings. The largest absolute Gasteiger partial charge is 0.459 e. The van der Waals surface area contributed by atoms with Crippen molar-refractivity contribution in [3.8, 4) is 0 Å². The van der Waals surface area contributed by atoms with Crippen LogP contribution in [0, 0.1) is 15.5 Å². The fourth-order valence-corrected chi connectivity index (χ4v) is 7.02. The Balaban J connectivity index is 2.02. The van der Waals surface area contributed by atoms with E-state index in [9.17, 15) is 19.7 Å². The molecule has 10 heteroatoms. The highest BCUT2D eigenvalue weighted by Crippen LogP contribution is 2.35. The molecule has 0 unspecified atom stereocenters. The number of amides is 1. The maximum absolute atomic E-state index is 13.8. The quantitative estimate of drug-likeness (QED) is 0.0816. The van der Waals surface area contributed by atoms with Crippen molar-refractivity contribution in [1.29, 1.82) is 0 Å². The molecule has 1 aromatic heterocycles. The highest BCUT2D eigenvalue weighted by molar-refractivity contribution is 7.17. The number of thiophene rings is 1. The average Bonchev–Trinajstić information content (AvgIpc) is 3.28. The summed E-state index contributed by atoms with van der Waals surface area (Å²) in [5.41, 5.74) is -0.320. The number of hydrogen-bond donors (Lipinski definition) is 1. The van der Waals surface area contributed by atoms with Gasteiger partial charge in [0.15, 0.2) is 14.6 Å². The maximum Gasteiger partial charge on any atom is 0.338 e. The van der Waals surface area contributed by atoms with Crippen molar-refractivity contribution in [3.63, 3.8) is 0 Å². The van der Waals surface area contributed by atoms with Gasteiger partial charge in [0, 0.05) is 41.3 Å². The smallest absolute Gasteiger partial charge is 0.338 e. The van der Waals surface area contributed by atoms with Crippen molar-refractivity contribution in [2.45, 2.75) is 64.8 Å². The van der Waals surface area contributed by atoms with E-state index in [2.05, 4.69) is 38.0 Å². The molecule has 40 heavy (non-hydrogen) atoms. The van der Waals surface area contributed by atoms with E-state index in [1.54, 1.807) is 11.3 Å². The van der Waals surface area contributed by atoms with Gasteiger partial charge in [-0.25, -0.2) is 4.79 Å². The number of rotatable bonds is 13. The molecular formula is C30H38N2O6SSi. The van der Waals surface area contributed by atoms with Gasteiger partial charge >= 0.3 is 5.97 Å². The first-order valence-corrected chi connectivity index (χ1v) is 17.0. The minimum absolute atomic E-state index is 0.0487. The molecule has 0 aliphatic carbocycles. The van der Waals surface area contributed by atoms with E-state index >= 15 is 0 Å². The first-order valence-electron chi connectivity index (χ1n) is 13.3. The highest BCUT2D eigenvalue weighted by Gasteiger charge is 2.45. The van der Waals surface area contributed by atoms with Crippen LogP contribution in [0.2, 0.25) is 13.1 Å². The van der Waals surface area contributed by atoms with Crippen molar-refractivity contribution in [1.82, 2.24) is 5.32 Å². The second-order valence-electron chi connectivity index (χ2n) is 11.4. The number of carbonyl (C=O) groups excluding carboxylic acids is 2. The van der Waals surface area contributed by atoms with E-state index in [4.69, 9.17) is 9.16 Å². The Hall–Kier alpha value is -3.34. The molecule has 0 radical (unpaired) electrons. The number of non-ortho nitro benzene ring substituents is 1. The minimum Gasteiger partial charge on any atom is -0.459 e. The summed E-state index contributed by atoms with van der Waals surface area (Å²) >= 11 is 1.61. The van der Waals surface area contributed by atoms with E-state index in [-0.39, 0.29) is 30.0 Å². The Kier molecular flexibility index (Phi) is 10.4. The van der Waals surface area contributed by atoms with Gasteiger partial charge < -0.3 is 14.5 Å². The van der Waals surface area contributed by atoms with Crippen molar-refractivity contribution in [3.05, 3.63) is 87.8 Å². The molecule has 0 saturated carbocycles. The molecule has 3 rings (SSSR count). The van der Waals surface area contributed by atoms with Gasteiger partial charge in [-0.3, -0.25) is 14.9 Å². The predicted octanol–water partition coefficient (Wildman–Crippen LogP) is 6.44. The van der Waals surface area contributed by atoms with Crippen LogP contribution in [0.15, 0.2) is 66.6 Å². The summed E-state index contributed by atoms with van der Waals surface area (Å²) in [7, 11) is -1.79. The number of benzene rings is 2. The van der Waals surface area contributed by atoms with E-state index in [1.165, 1.54) is 30.3 Å². The second kappa shape index (κ2) is 13.3. The van der Waals surface area contributed by atoms with Gasteiger partial charge in [-0.2, -0.15) is 0 Å². The predicted molar refractivity (Wildman–Crippen MR) is 162 cm³/mol. The molecule has 2 aromatic carbocycles. The molecule has 8 nitrogen and oxygen atoms in total. The number of fused-ring (bicyclic) bond motifs is 1. The SMILES string of the molecule is C=CCOC(=O)[C@](Cc1csc2ccccc12)(C[C@H](CC(C)(C)C)NC(=O)c1ccc([N+](=O)[O-])cc1)O[SiH](C)C. The number of nitrogens with zero attached hydrogens (tertiary/aromatic N) is 1. The normalized spacial score (nSPS) is 13.9. The summed E-state index contributed by atoms with van der Waals surface area (Å²) < 4.78 is 13.4. The number of nitro benzene ring substituents is 1. The standard InChI is InChI=1S/C30H38N2O6SSi/c1-7-16-37-28(34)30(38-40(5)6,17-22-20-39-26-11-9-8-10-25(22)26)19-23(18-29(2,3)4)31-27(33)21-12-14-24(15-13-21)32(35)36/h7-15,20,23,40H,1,16-19H2,2-6H3,(H,31,33)/t23-,30-/m0/s1. The summed E-state index contributed by atoms with van der Waals surface area (Å²) in [5.74, 6) is -0.854. The van der Waals surface area contributed by atoms with Crippen LogP contribution >= 0.6 is 11.3 Å². The Morgan fingerprint density at radius 2 is 1.80 bits per heavy atom. The summed E-state index contributed by atoms with van der Waals surface area (Å²) in [5, 5.41) is 17.3.